The fourth-order valence-corrected chi connectivity index (χ4v) is 3.16. The Balaban J connectivity index is 1.48. The Morgan fingerprint density at radius 1 is 1.19 bits per heavy atom. The summed E-state index contributed by atoms with van der Waals surface area (Å²) in [5, 5.41) is 11.0. The van der Waals surface area contributed by atoms with Gasteiger partial charge < -0.3 is 10.2 Å². The molecule has 1 aliphatic rings. The molecule has 1 saturated heterocycles. The third-order valence-electron chi connectivity index (χ3n) is 4.83. The number of imidazole rings is 1. The monoisotopic (exact) mass is 364 g/mol. The SMILES string of the molecule is Cc1nnc2nc(-c3ccc(NC(=O)CN4CCCC4=O)cc3)cn2c1C. The first-order valence-electron chi connectivity index (χ1n) is 8.88. The second kappa shape index (κ2) is 6.79. The van der Waals surface area contributed by atoms with Gasteiger partial charge in [0, 0.05) is 36.1 Å². The number of carbonyl (C=O) groups excluding carboxylic acids is 2. The molecule has 4 rings (SSSR count). The predicted octanol–water partition coefficient (Wildman–Crippen LogP) is 1.97. The van der Waals surface area contributed by atoms with Crippen molar-refractivity contribution >= 4 is 23.3 Å². The van der Waals surface area contributed by atoms with Gasteiger partial charge in [-0.15, -0.1) is 5.10 Å². The topological polar surface area (TPSA) is 92.5 Å². The lowest BCUT2D eigenvalue weighted by Crippen LogP contribution is -2.33. The van der Waals surface area contributed by atoms with Crippen LogP contribution < -0.4 is 5.32 Å². The normalized spacial score (nSPS) is 14.1. The van der Waals surface area contributed by atoms with Gasteiger partial charge in [-0.2, -0.15) is 5.10 Å². The summed E-state index contributed by atoms with van der Waals surface area (Å²) >= 11 is 0. The van der Waals surface area contributed by atoms with E-state index in [9.17, 15) is 9.59 Å². The minimum Gasteiger partial charge on any atom is -0.333 e. The number of carbonyl (C=O) groups is 2. The summed E-state index contributed by atoms with van der Waals surface area (Å²) in [4.78, 5) is 29.8. The number of aromatic nitrogens is 4. The molecule has 0 aliphatic carbocycles. The van der Waals surface area contributed by atoms with Crippen LogP contribution in [0.2, 0.25) is 0 Å². The maximum atomic E-state index is 12.1. The standard InChI is InChI=1S/C19H20N6O2/c1-12-13(2)25-10-16(21-19(25)23-22-12)14-5-7-15(8-6-14)20-17(26)11-24-9-3-4-18(24)27/h5-8,10H,3-4,9,11H2,1-2H3,(H,20,26). The molecule has 2 amide bonds. The van der Waals surface area contributed by atoms with E-state index in [0.29, 0.717) is 24.4 Å². The Kier molecular flexibility index (Phi) is 4.31. The Hall–Kier alpha value is -3.29. The first-order chi connectivity index (χ1) is 13.0. The third kappa shape index (κ3) is 3.38. The van der Waals surface area contributed by atoms with E-state index < -0.39 is 0 Å². The number of nitrogens with one attached hydrogen (secondary N) is 1. The zero-order valence-electron chi connectivity index (χ0n) is 15.3. The molecule has 1 aliphatic heterocycles. The maximum absolute atomic E-state index is 12.1. The van der Waals surface area contributed by atoms with E-state index in [1.807, 2.05) is 48.7 Å². The van der Waals surface area contributed by atoms with Crippen molar-refractivity contribution in [2.24, 2.45) is 0 Å². The van der Waals surface area contributed by atoms with E-state index in [-0.39, 0.29) is 18.4 Å². The third-order valence-corrected chi connectivity index (χ3v) is 4.83. The van der Waals surface area contributed by atoms with Crippen molar-refractivity contribution in [2.75, 3.05) is 18.4 Å². The summed E-state index contributed by atoms with van der Waals surface area (Å²) in [6, 6.07) is 7.45. The van der Waals surface area contributed by atoms with Crippen molar-refractivity contribution in [3.05, 3.63) is 41.9 Å². The predicted molar refractivity (Wildman–Crippen MR) is 100 cm³/mol. The number of nitrogens with zero attached hydrogens (tertiary/aromatic N) is 5. The zero-order valence-corrected chi connectivity index (χ0v) is 15.3. The lowest BCUT2D eigenvalue weighted by atomic mass is 10.1. The van der Waals surface area contributed by atoms with Gasteiger partial charge in [0.1, 0.15) is 0 Å². The molecule has 2 aromatic heterocycles. The van der Waals surface area contributed by atoms with Crippen LogP contribution in [0.15, 0.2) is 30.5 Å². The average molecular weight is 364 g/mol. The smallest absolute Gasteiger partial charge is 0.254 e. The number of hydrogen-bond acceptors (Lipinski definition) is 5. The molecule has 1 aromatic carbocycles. The lowest BCUT2D eigenvalue weighted by molar-refractivity contribution is -0.131. The Labute approximate surface area is 156 Å². The van der Waals surface area contributed by atoms with Gasteiger partial charge in [-0.1, -0.05) is 12.1 Å². The number of likely N-dealkylation sites (tertiary alicyclic amines) is 1. The van der Waals surface area contributed by atoms with Gasteiger partial charge in [0.15, 0.2) is 0 Å². The molecule has 27 heavy (non-hydrogen) atoms. The number of amides is 2. The van der Waals surface area contributed by atoms with Crippen LogP contribution in [0.4, 0.5) is 5.69 Å². The van der Waals surface area contributed by atoms with Crippen molar-refractivity contribution in [2.45, 2.75) is 26.7 Å². The second-order valence-corrected chi connectivity index (χ2v) is 6.71. The van der Waals surface area contributed by atoms with Crippen molar-refractivity contribution in [1.29, 1.82) is 0 Å². The van der Waals surface area contributed by atoms with Crippen molar-refractivity contribution in [1.82, 2.24) is 24.5 Å². The highest BCUT2D eigenvalue weighted by molar-refractivity contribution is 5.95. The van der Waals surface area contributed by atoms with Gasteiger partial charge >= 0.3 is 0 Å². The Bertz CT molecular complexity index is 1020. The number of anilines is 1. The largest absolute Gasteiger partial charge is 0.333 e. The molecular weight excluding hydrogens is 344 g/mol. The van der Waals surface area contributed by atoms with Gasteiger partial charge in [-0.25, -0.2) is 4.98 Å². The molecule has 1 N–H and O–H groups in total. The Morgan fingerprint density at radius 2 is 1.96 bits per heavy atom. The van der Waals surface area contributed by atoms with Crippen molar-refractivity contribution in [3.8, 4) is 11.3 Å². The van der Waals surface area contributed by atoms with Gasteiger partial charge in [-0.05, 0) is 32.4 Å². The molecule has 0 spiro atoms. The molecule has 3 aromatic rings. The van der Waals surface area contributed by atoms with E-state index in [0.717, 1.165) is 29.1 Å². The van der Waals surface area contributed by atoms with Crippen LogP contribution >= 0.6 is 0 Å². The molecule has 1 fully saturated rings. The fraction of sp³-hybridized carbons (Fsp3) is 0.316. The first-order valence-corrected chi connectivity index (χ1v) is 8.88. The number of fused-ring (bicyclic) bond motifs is 1. The highest BCUT2D eigenvalue weighted by Crippen LogP contribution is 2.22. The first kappa shape index (κ1) is 17.1. The minimum atomic E-state index is -0.188. The summed E-state index contributed by atoms with van der Waals surface area (Å²) < 4.78 is 1.92. The number of benzene rings is 1. The van der Waals surface area contributed by atoms with Crippen LogP contribution in [0, 0.1) is 13.8 Å². The molecule has 0 saturated carbocycles. The van der Waals surface area contributed by atoms with Crippen LogP contribution in [-0.4, -0.2) is 49.4 Å². The number of rotatable bonds is 4. The van der Waals surface area contributed by atoms with Crippen LogP contribution in [0.25, 0.3) is 17.0 Å². The highest BCUT2D eigenvalue weighted by atomic mass is 16.2. The lowest BCUT2D eigenvalue weighted by Gasteiger charge is -2.15. The van der Waals surface area contributed by atoms with Crippen molar-refractivity contribution in [3.63, 3.8) is 0 Å². The van der Waals surface area contributed by atoms with Crippen molar-refractivity contribution < 1.29 is 9.59 Å². The maximum Gasteiger partial charge on any atom is 0.254 e. The summed E-state index contributed by atoms with van der Waals surface area (Å²) in [6.45, 7) is 4.64. The fourth-order valence-electron chi connectivity index (χ4n) is 3.16. The minimum absolute atomic E-state index is 0.0426. The van der Waals surface area contributed by atoms with Crippen LogP contribution in [0.5, 0.6) is 0 Å². The molecule has 0 radical (unpaired) electrons. The van der Waals surface area contributed by atoms with Gasteiger partial charge in [0.2, 0.25) is 11.8 Å². The van der Waals surface area contributed by atoms with E-state index in [1.54, 1.807) is 4.90 Å². The summed E-state index contributed by atoms with van der Waals surface area (Å²) in [7, 11) is 0. The second-order valence-electron chi connectivity index (χ2n) is 6.71. The van der Waals surface area contributed by atoms with Crippen LogP contribution in [-0.2, 0) is 9.59 Å². The van der Waals surface area contributed by atoms with E-state index >= 15 is 0 Å². The van der Waals surface area contributed by atoms with E-state index in [1.165, 1.54) is 0 Å². The molecule has 0 bridgehead atoms. The van der Waals surface area contributed by atoms with Crippen LogP contribution in [0.1, 0.15) is 24.2 Å². The molecule has 0 atom stereocenters. The molecule has 3 heterocycles. The molecular formula is C19H20N6O2. The van der Waals surface area contributed by atoms with Crippen LogP contribution in [0.3, 0.4) is 0 Å². The molecule has 8 nitrogen and oxygen atoms in total. The molecule has 8 heteroatoms. The number of aryl methyl sites for hydroxylation is 2. The quantitative estimate of drug-likeness (QED) is 0.764. The van der Waals surface area contributed by atoms with Gasteiger partial charge in [-0.3, -0.25) is 14.0 Å². The number of hydrogen-bond donors (Lipinski definition) is 1. The molecule has 138 valence electrons. The highest BCUT2D eigenvalue weighted by Gasteiger charge is 2.22. The van der Waals surface area contributed by atoms with E-state index in [4.69, 9.17) is 0 Å². The van der Waals surface area contributed by atoms with Gasteiger partial charge in [0.25, 0.3) is 5.78 Å². The summed E-state index contributed by atoms with van der Waals surface area (Å²) in [5.74, 6) is 0.411. The Morgan fingerprint density at radius 3 is 2.67 bits per heavy atom. The zero-order chi connectivity index (χ0) is 19.0. The summed E-state index contributed by atoms with van der Waals surface area (Å²) in [5.41, 5.74) is 4.26. The van der Waals surface area contributed by atoms with E-state index in [2.05, 4.69) is 20.5 Å². The average Bonchev–Trinajstić information content (AvgIpc) is 3.26. The van der Waals surface area contributed by atoms with Gasteiger partial charge in [0.05, 0.1) is 17.9 Å². The molecule has 0 unspecified atom stereocenters. The summed E-state index contributed by atoms with van der Waals surface area (Å²) in [6.07, 6.45) is 3.28.